The van der Waals surface area contributed by atoms with Crippen LogP contribution in [0.2, 0.25) is 0 Å². The summed E-state index contributed by atoms with van der Waals surface area (Å²) in [5, 5.41) is 0. The molecule has 0 atom stereocenters. The van der Waals surface area contributed by atoms with Crippen molar-refractivity contribution < 1.29 is 0 Å². The summed E-state index contributed by atoms with van der Waals surface area (Å²) in [4.78, 5) is 0. The molecule has 0 bridgehead atoms. The van der Waals surface area contributed by atoms with Crippen LogP contribution in [-0.2, 0) is 0 Å². The molecule has 80 valence electrons. The van der Waals surface area contributed by atoms with E-state index in [-0.39, 0.29) is 0 Å². The van der Waals surface area contributed by atoms with Gasteiger partial charge in [0.05, 0.1) is 0 Å². The Morgan fingerprint density at radius 2 is 1.93 bits per heavy atom. The quantitative estimate of drug-likeness (QED) is 0.544. The van der Waals surface area contributed by atoms with Gasteiger partial charge in [-0.2, -0.15) is 0 Å². The molecule has 0 spiro atoms. The zero-order chi connectivity index (χ0) is 11.0. The van der Waals surface area contributed by atoms with E-state index in [9.17, 15) is 0 Å². The normalized spacial score (nSPS) is 13.6. The second-order valence-electron chi connectivity index (χ2n) is 4.89. The van der Waals surface area contributed by atoms with Crippen molar-refractivity contribution in [1.82, 2.24) is 0 Å². The first-order chi connectivity index (χ1) is 6.49. The van der Waals surface area contributed by atoms with Crippen molar-refractivity contribution in [1.29, 1.82) is 0 Å². The van der Waals surface area contributed by atoms with Crippen LogP contribution >= 0.6 is 0 Å². The fourth-order valence-electron chi connectivity index (χ4n) is 1.30. The second-order valence-corrected chi connectivity index (χ2v) is 4.89. The Kier molecular flexibility index (Phi) is 6.27. The van der Waals surface area contributed by atoms with E-state index in [4.69, 9.17) is 0 Å². The summed E-state index contributed by atoms with van der Waals surface area (Å²) in [5.41, 5.74) is 1.79. The predicted octanol–water partition coefficient (Wildman–Crippen LogP) is 4.89. The van der Waals surface area contributed by atoms with Crippen molar-refractivity contribution in [2.45, 2.75) is 47.0 Å². The molecule has 0 nitrogen and oxygen atoms in total. The predicted molar refractivity (Wildman–Crippen MR) is 66.4 cm³/mol. The Balaban J connectivity index is 3.91. The van der Waals surface area contributed by atoms with Crippen LogP contribution < -0.4 is 0 Å². The molecule has 0 aliphatic carbocycles. The third-order valence-corrected chi connectivity index (χ3v) is 2.16. The highest BCUT2D eigenvalue weighted by atomic mass is 14.1. The van der Waals surface area contributed by atoms with Crippen molar-refractivity contribution in [2.24, 2.45) is 5.41 Å². The molecular weight excluding hydrogens is 168 g/mol. The monoisotopic (exact) mass is 192 g/mol. The Hall–Kier alpha value is -0.780. The molecule has 0 aliphatic heterocycles. The van der Waals surface area contributed by atoms with Crippen molar-refractivity contribution >= 4 is 0 Å². The molecule has 0 aromatic carbocycles. The van der Waals surface area contributed by atoms with Crippen LogP contribution in [-0.4, -0.2) is 0 Å². The molecule has 0 heterocycles. The SMILES string of the molecule is C=C/C(=C\C=C/C)CCCC(C)(C)C. The molecule has 0 unspecified atom stereocenters. The summed E-state index contributed by atoms with van der Waals surface area (Å²) in [6.45, 7) is 12.7. The van der Waals surface area contributed by atoms with Gasteiger partial charge in [0.2, 0.25) is 0 Å². The van der Waals surface area contributed by atoms with Crippen molar-refractivity contribution in [3.05, 3.63) is 36.5 Å². The fraction of sp³-hybridized carbons (Fsp3) is 0.571. The van der Waals surface area contributed by atoms with Gasteiger partial charge in [-0.05, 0) is 37.2 Å². The van der Waals surface area contributed by atoms with Crippen LogP contribution in [0.15, 0.2) is 36.5 Å². The van der Waals surface area contributed by atoms with Gasteiger partial charge < -0.3 is 0 Å². The highest BCUT2D eigenvalue weighted by Crippen LogP contribution is 2.23. The standard InChI is InChI=1S/C14H24/c1-6-8-10-13(7-2)11-9-12-14(3,4)5/h6-8,10H,2,9,11-12H2,1,3-5H3/b8-6-,13-10+. The molecule has 0 amide bonds. The van der Waals surface area contributed by atoms with Crippen LogP contribution in [0.3, 0.4) is 0 Å². The molecule has 0 saturated carbocycles. The molecule has 0 aromatic heterocycles. The molecule has 0 aliphatic rings. The molecule has 0 heteroatoms. The van der Waals surface area contributed by atoms with Gasteiger partial charge in [-0.1, -0.05) is 51.7 Å². The lowest BCUT2D eigenvalue weighted by atomic mass is 9.89. The van der Waals surface area contributed by atoms with E-state index in [0.29, 0.717) is 5.41 Å². The number of hydrogen-bond donors (Lipinski definition) is 0. The first-order valence-corrected chi connectivity index (χ1v) is 5.44. The summed E-state index contributed by atoms with van der Waals surface area (Å²) in [5.74, 6) is 0. The largest absolute Gasteiger partial charge is 0.0988 e. The smallest absolute Gasteiger partial charge is 0.0279 e. The van der Waals surface area contributed by atoms with E-state index in [1.165, 1.54) is 18.4 Å². The Bertz CT molecular complexity index is 211. The Morgan fingerprint density at radius 1 is 1.29 bits per heavy atom. The average Bonchev–Trinajstić information content (AvgIpc) is 2.09. The zero-order valence-corrected chi connectivity index (χ0v) is 10.1. The lowest BCUT2D eigenvalue weighted by Gasteiger charge is -2.17. The van der Waals surface area contributed by atoms with E-state index in [0.717, 1.165) is 6.42 Å². The van der Waals surface area contributed by atoms with E-state index in [1.807, 2.05) is 19.1 Å². The Labute approximate surface area is 89.4 Å². The minimum absolute atomic E-state index is 0.451. The van der Waals surface area contributed by atoms with Crippen LogP contribution in [0, 0.1) is 5.41 Å². The minimum atomic E-state index is 0.451. The molecule has 0 radical (unpaired) electrons. The average molecular weight is 192 g/mol. The lowest BCUT2D eigenvalue weighted by molar-refractivity contribution is 0.366. The molecule has 14 heavy (non-hydrogen) atoms. The van der Waals surface area contributed by atoms with Gasteiger partial charge in [-0.15, -0.1) is 0 Å². The van der Waals surface area contributed by atoms with E-state index in [1.54, 1.807) is 0 Å². The topological polar surface area (TPSA) is 0 Å². The van der Waals surface area contributed by atoms with Gasteiger partial charge in [-0.3, -0.25) is 0 Å². The summed E-state index contributed by atoms with van der Waals surface area (Å²) in [7, 11) is 0. The van der Waals surface area contributed by atoms with Gasteiger partial charge in [0.25, 0.3) is 0 Å². The number of allylic oxidation sites excluding steroid dienone is 5. The van der Waals surface area contributed by atoms with Crippen LogP contribution in [0.4, 0.5) is 0 Å². The Morgan fingerprint density at radius 3 is 2.36 bits per heavy atom. The fourth-order valence-corrected chi connectivity index (χ4v) is 1.30. The van der Waals surface area contributed by atoms with Gasteiger partial charge >= 0.3 is 0 Å². The molecular formula is C14H24. The summed E-state index contributed by atoms with van der Waals surface area (Å²) in [6.07, 6.45) is 11.9. The van der Waals surface area contributed by atoms with Gasteiger partial charge in [-0.25, -0.2) is 0 Å². The third-order valence-electron chi connectivity index (χ3n) is 2.16. The highest BCUT2D eigenvalue weighted by molar-refractivity contribution is 5.21. The molecule has 0 N–H and O–H groups in total. The van der Waals surface area contributed by atoms with Crippen LogP contribution in [0.1, 0.15) is 47.0 Å². The molecule has 0 saturated heterocycles. The van der Waals surface area contributed by atoms with Crippen molar-refractivity contribution in [3.63, 3.8) is 0 Å². The van der Waals surface area contributed by atoms with E-state index < -0.39 is 0 Å². The molecule has 0 aromatic rings. The van der Waals surface area contributed by atoms with Gasteiger partial charge in [0.15, 0.2) is 0 Å². The van der Waals surface area contributed by atoms with Crippen molar-refractivity contribution in [2.75, 3.05) is 0 Å². The number of hydrogen-bond acceptors (Lipinski definition) is 0. The maximum atomic E-state index is 3.83. The maximum absolute atomic E-state index is 3.83. The lowest BCUT2D eigenvalue weighted by Crippen LogP contribution is -2.04. The summed E-state index contributed by atoms with van der Waals surface area (Å²) >= 11 is 0. The first kappa shape index (κ1) is 13.2. The highest BCUT2D eigenvalue weighted by Gasteiger charge is 2.08. The molecule has 0 fully saturated rings. The minimum Gasteiger partial charge on any atom is -0.0988 e. The first-order valence-electron chi connectivity index (χ1n) is 5.44. The third kappa shape index (κ3) is 7.85. The second kappa shape index (κ2) is 6.64. The van der Waals surface area contributed by atoms with Gasteiger partial charge in [0.1, 0.15) is 0 Å². The van der Waals surface area contributed by atoms with E-state index >= 15 is 0 Å². The van der Waals surface area contributed by atoms with Crippen LogP contribution in [0.25, 0.3) is 0 Å². The van der Waals surface area contributed by atoms with Gasteiger partial charge in [0, 0.05) is 0 Å². The maximum Gasteiger partial charge on any atom is -0.0279 e. The number of rotatable bonds is 5. The molecule has 0 rings (SSSR count). The van der Waals surface area contributed by atoms with Crippen molar-refractivity contribution in [3.8, 4) is 0 Å². The summed E-state index contributed by atoms with van der Waals surface area (Å²) in [6, 6.07) is 0. The zero-order valence-electron chi connectivity index (χ0n) is 10.1. The van der Waals surface area contributed by atoms with E-state index in [2.05, 4.69) is 39.5 Å². The van der Waals surface area contributed by atoms with Crippen LogP contribution in [0.5, 0.6) is 0 Å². The summed E-state index contributed by atoms with van der Waals surface area (Å²) < 4.78 is 0.